The maximum atomic E-state index is 12.6. The highest BCUT2D eigenvalue weighted by atomic mass is 32.2. The number of hydrogen-bond donors (Lipinski definition) is 1. The van der Waals surface area contributed by atoms with Gasteiger partial charge in [0.2, 0.25) is 5.91 Å². The molecule has 0 atom stereocenters. The number of thioether (sulfide) groups is 1. The molecular formula is C17H25N5O5S. The van der Waals surface area contributed by atoms with Crippen molar-refractivity contribution in [3.63, 3.8) is 0 Å². The predicted octanol–water partition coefficient (Wildman–Crippen LogP) is 0.00520. The first-order chi connectivity index (χ1) is 13.3. The normalized spacial score (nSPS) is 11.0. The van der Waals surface area contributed by atoms with Crippen molar-refractivity contribution in [3.05, 3.63) is 20.8 Å². The summed E-state index contributed by atoms with van der Waals surface area (Å²) in [5.74, 6) is -0.841. The van der Waals surface area contributed by atoms with Crippen LogP contribution in [-0.4, -0.2) is 49.5 Å². The molecule has 0 aliphatic rings. The molecule has 1 N–H and O–H groups in total. The summed E-state index contributed by atoms with van der Waals surface area (Å²) in [5, 5.41) is 2.96. The fourth-order valence-electron chi connectivity index (χ4n) is 2.62. The van der Waals surface area contributed by atoms with Gasteiger partial charge in [0, 0.05) is 20.6 Å². The van der Waals surface area contributed by atoms with Gasteiger partial charge in [-0.05, 0) is 13.3 Å². The van der Waals surface area contributed by atoms with E-state index in [1.807, 2.05) is 6.92 Å². The molecule has 2 aromatic rings. The zero-order valence-corrected chi connectivity index (χ0v) is 17.3. The van der Waals surface area contributed by atoms with E-state index in [-0.39, 0.29) is 24.8 Å². The maximum Gasteiger partial charge on any atom is 0.332 e. The van der Waals surface area contributed by atoms with Gasteiger partial charge >= 0.3 is 11.7 Å². The van der Waals surface area contributed by atoms with Crippen molar-refractivity contribution in [2.75, 3.05) is 18.9 Å². The van der Waals surface area contributed by atoms with Gasteiger partial charge in [0.15, 0.2) is 16.3 Å². The first kappa shape index (κ1) is 21.7. The number of fused-ring (bicyclic) bond motifs is 1. The summed E-state index contributed by atoms with van der Waals surface area (Å²) >= 11 is 1.15. The summed E-state index contributed by atoms with van der Waals surface area (Å²) in [6.45, 7) is 4.32. The van der Waals surface area contributed by atoms with Gasteiger partial charge < -0.3 is 14.6 Å². The highest BCUT2D eigenvalue weighted by molar-refractivity contribution is 7.99. The Morgan fingerprint density at radius 2 is 1.89 bits per heavy atom. The third-order valence-corrected chi connectivity index (χ3v) is 5.09. The molecule has 154 valence electrons. The molecule has 0 unspecified atom stereocenters. The average molecular weight is 411 g/mol. The Morgan fingerprint density at radius 1 is 1.18 bits per heavy atom. The molecule has 0 bridgehead atoms. The number of nitrogens with one attached hydrogen (secondary N) is 1. The number of ether oxygens (including phenoxy) is 1. The summed E-state index contributed by atoms with van der Waals surface area (Å²) < 4.78 is 8.89. The van der Waals surface area contributed by atoms with E-state index in [1.165, 1.54) is 11.6 Å². The molecular weight excluding hydrogens is 386 g/mol. The fourth-order valence-corrected chi connectivity index (χ4v) is 3.48. The van der Waals surface area contributed by atoms with Gasteiger partial charge in [-0.2, -0.15) is 0 Å². The molecule has 11 heteroatoms. The number of imidazole rings is 1. The number of esters is 1. The van der Waals surface area contributed by atoms with Crippen LogP contribution in [-0.2, 0) is 35.0 Å². The first-order valence-electron chi connectivity index (χ1n) is 9.03. The van der Waals surface area contributed by atoms with Gasteiger partial charge in [0.1, 0.15) is 6.54 Å². The Labute approximate surface area is 165 Å². The number of amides is 1. The molecule has 2 aromatic heterocycles. The Morgan fingerprint density at radius 3 is 2.54 bits per heavy atom. The van der Waals surface area contributed by atoms with Crippen LogP contribution in [0.15, 0.2) is 14.7 Å². The Hall–Kier alpha value is -2.56. The minimum Gasteiger partial charge on any atom is -0.465 e. The molecule has 0 radical (unpaired) electrons. The first-order valence-corrected chi connectivity index (χ1v) is 10.0. The van der Waals surface area contributed by atoms with E-state index >= 15 is 0 Å². The minimum absolute atomic E-state index is 0.0170. The van der Waals surface area contributed by atoms with Crippen LogP contribution >= 0.6 is 11.8 Å². The van der Waals surface area contributed by atoms with Crippen molar-refractivity contribution in [1.29, 1.82) is 0 Å². The summed E-state index contributed by atoms with van der Waals surface area (Å²) in [5.41, 5.74) is -0.243. The number of nitrogens with zero attached hydrogens (tertiary/aromatic N) is 4. The second-order valence-electron chi connectivity index (χ2n) is 6.15. The van der Waals surface area contributed by atoms with Gasteiger partial charge in [-0.15, -0.1) is 0 Å². The summed E-state index contributed by atoms with van der Waals surface area (Å²) in [6.07, 6.45) is 1.73. The van der Waals surface area contributed by atoms with Gasteiger partial charge in [-0.25, -0.2) is 9.78 Å². The van der Waals surface area contributed by atoms with Crippen molar-refractivity contribution in [2.45, 2.75) is 38.4 Å². The van der Waals surface area contributed by atoms with Gasteiger partial charge in [-0.1, -0.05) is 25.1 Å². The molecule has 2 rings (SSSR count). The van der Waals surface area contributed by atoms with Crippen LogP contribution in [0.25, 0.3) is 11.2 Å². The van der Waals surface area contributed by atoms with Crippen LogP contribution in [0.5, 0.6) is 0 Å². The molecule has 1 amide bonds. The lowest BCUT2D eigenvalue weighted by atomic mass is 10.3. The largest absolute Gasteiger partial charge is 0.465 e. The SMILES string of the molecule is CCCCn1c(SCC(=O)NCC(=O)OCC)nc2c1c(=O)n(C)c(=O)n2C. The third kappa shape index (κ3) is 4.64. The fraction of sp³-hybridized carbons (Fsp3) is 0.588. The van der Waals surface area contributed by atoms with E-state index in [1.54, 1.807) is 18.5 Å². The molecule has 0 aliphatic heterocycles. The van der Waals surface area contributed by atoms with Gasteiger partial charge in [-0.3, -0.25) is 23.5 Å². The minimum atomic E-state index is -0.505. The second kappa shape index (κ2) is 9.58. The molecule has 0 aliphatic carbocycles. The van der Waals surface area contributed by atoms with E-state index < -0.39 is 17.2 Å². The van der Waals surface area contributed by atoms with Crippen molar-refractivity contribution in [1.82, 2.24) is 24.0 Å². The molecule has 10 nitrogen and oxygen atoms in total. The Bertz CT molecular complexity index is 990. The molecule has 0 saturated heterocycles. The van der Waals surface area contributed by atoms with Crippen molar-refractivity contribution >= 4 is 34.8 Å². The molecule has 28 heavy (non-hydrogen) atoms. The lowest BCUT2D eigenvalue weighted by Gasteiger charge is -2.09. The lowest BCUT2D eigenvalue weighted by Crippen LogP contribution is -2.37. The second-order valence-corrected chi connectivity index (χ2v) is 7.09. The number of rotatable bonds is 9. The van der Waals surface area contributed by atoms with Crippen LogP contribution < -0.4 is 16.6 Å². The number of carbonyl (C=O) groups excluding carboxylic acids is 2. The summed E-state index contributed by atoms with van der Waals surface area (Å²) in [6, 6.07) is 0. The highest BCUT2D eigenvalue weighted by Gasteiger charge is 2.20. The summed E-state index contributed by atoms with van der Waals surface area (Å²) in [7, 11) is 2.98. The smallest absolute Gasteiger partial charge is 0.332 e. The Kier molecular flexibility index (Phi) is 7.44. The van der Waals surface area contributed by atoms with Crippen molar-refractivity contribution < 1.29 is 14.3 Å². The average Bonchev–Trinajstić information content (AvgIpc) is 3.04. The number of carbonyl (C=O) groups is 2. The molecule has 0 fully saturated rings. The number of aryl methyl sites for hydroxylation is 2. The van der Waals surface area contributed by atoms with E-state index in [2.05, 4.69) is 10.3 Å². The van der Waals surface area contributed by atoms with E-state index in [0.717, 1.165) is 29.2 Å². The quantitative estimate of drug-likeness (QED) is 0.456. The monoisotopic (exact) mass is 411 g/mol. The molecule has 0 saturated carbocycles. The molecule has 0 spiro atoms. The topological polar surface area (TPSA) is 117 Å². The number of hydrogen-bond acceptors (Lipinski definition) is 7. The highest BCUT2D eigenvalue weighted by Crippen LogP contribution is 2.22. The van der Waals surface area contributed by atoms with Gasteiger partial charge in [0.05, 0.1) is 12.4 Å². The van der Waals surface area contributed by atoms with E-state index in [4.69, 9.17) is 4.74 Å². The third-order valence-electron chi connectivity index (χ3n) is 4.12. The van der Waals surface area contributed by atoms with E-state index in [0.29, 0.717) is 22.9 Å². The van der Waals surface area contributed by atoms with Crippen molar-refractivity contribution in [2.24, 2.45) is 14.1 Å². The molecule has 0 aromatic carbocycles. The molecule has 2 heterocycles. The number of aromatic nitrogens is 4. The zero-order valence-electron chi connectivity index (χ0n) is 16.5. The van der Waals surface area contributed by atoms with Crippen LogP contribution in [0, 0.1) is 0 Å². The lowest BCUT2D eigenvalue weighted by molar-refractivity contribution is -0.143. The van der Waals surface area contributed by atoms with Crippen LogP contribution in [0.4, 0.5) is 0 Å². The zero-order chi connectivity index (χ0) is 20.8. The maximum absolute atomic E-state index is 12.6. The standard InChI is InChI=1S/C17H25N5O5S/c1-5-7-8-22-13-14(20(3)17(26)21(4)15(13)25)19-16(22)28-10-11(23)18-9-12(24)27-6-2/h5-10H2,1-4H3,(H,18,23). The van der Waals surface area contributed by atoms with E-state index in [9.17, 15) is 19.2 Å². The van der Waals surface area contributed by atoms with Crippen LogP contribution in [0.3, 0.4) is 0 Å². The predicted molar refractivity (Wildman–Crippen MR) is 105 cm³/mol. The number of unbranched alkanes of at least 4 members (excludes halogenated alkanes) is 1. The van der Waals surface area contributed by atoms with Crippen molar-refractivity contribution in [3.8, 4) is 0 Å². The van der Waals surface area contributed by atoms with Gasteiger partial charge in [0.25, 0.3) is 5.56 Å². The summed E-state index contributed by atoms with van der Waals surface area (Å²) in [4.78, 5) is 52.6. The van der Waals surface area contributed by atoms with Crippen LogP contribution in [0.1, 0.15) is 26.7 Å². The Balaban J connectivity index is 2.28. The van der Waals surface area contributed by atoms with Crippen LogP contribution in [0.2, 0.25) is 0 Å².